The molecule has 3 N–H and O–H groups in total. The second kappa shape index (κ2) is 5.97. The molecule has 0 spiro atoms. The fourth-order valence-electron chi connectivity index (χ4n) is 1.20. The van der Waals surface area contributed by atoms with E-state index in [9.17, 15) is 8.42 Å². The van der Waals surface area contributed by atoms with Crippen LogP contribution >= 0.6 is 27.5 Å². The van der Waals surface area contributed by atoms with Crippen LogP contribution in [0.4, 0.5) is 5.69 Å². The highest BCUT2D eigenvalue weighted by atomic mass is 79.9. The lowest BCUT2D eigenvalue weighted by Gasteiger charge is -2.23. The second-order valence-electron chi connectivity index (χ2n) is 4.60. The third-order valence-corrected chi connectivity index (χ3v) is 5.35. The van der Waals surface area contributed by atoms with Crippen molar-refractivity contribution >= 4 is 43.2 Å². The first-order valence-electron chi connectivity index (χ1n) is 5.38. The van der Waals surface area contributed by atoms with Crippen LogP contribution in [0.3, 0.4) is 0 Å². The number of benzene rings is 1. The largest absolute Gasteiger partial charge is 0.398 e. The van der Waals surface area contributed by atoms with E-state index in [1.165, 1.54) is 19.2 Å². The van der Waals surface area contributed by atoms with Crippen molar-refractivity contribution in [3.63, 3.8) is 0 Å². The molecule has 1 rings (SSSR count). The van der Waals surface area contributed by atoms with E-state index in [0.29, 0.717) is 4.47 Å². The van der Waals surface area contributed by atoms with E-state index in [4.69, 9.17) is 22.1 Å². The Morgan fingerprint density at radius 1 is 1.47 bits per heavy atom. The monoisotopic (exact) mass is 370 g/mol. The van der Waals surface area contributed by atoms with Crippen molar-refractivity contribution in [1.29, 1.82) is 0 Å². The average molecular weight is 372 g/mol. The standard InChI is InChI=1S/C11H16BrClN2O3S/c1-11(2,18-3)6-15-19(16,17)9-5-7(13)4-8(14)10(9)12/h4-5,15H,6,14H2,1-3H3. The predicted octanol–water partition coefficient (Wildman–Crippen LogP) is 2.39. The van der Waals surface area contributed by atoms with E-state index in [-0.39, 0.29) is 22.2 Å². The van der Waals surface area contributed by atoms with Gasteiger partial charge >= 0.3 is 0 Å². The number of hydrogen-bond donors (Lipinski definition) is 2. The summed E-state index contributed by atoms with van der Waals surface area (Å²) in [5.74, 6) is 0. The molecule has 0 aromatic heterocycles. The van der Waals surface area contributed by atoms with Gasteiger partial charge in [-0.05, 0) is 41.9 Å². The van der Waals surface area contributed by atoms with Crippen LogP contribution in [0.15, 0.2) is 21.5 Å². The SMILES string of the molecule is COC(C)(C)CNS(=O)(=O)c1cc(Cl)cc(N)c1Br. The molecule has 1 aromatic rings. The van der Waals surface area contributed by atoms with Crippen LogP contribution in [0.1, 0.15) is 13.8 Å². The van der Waals surface area contributed by atoms with Gasteiger partial charge < -0.3 is 10.5 Å². The number of sulfonamides is 1. The van der Waals surface area contributed by atoms with Gasteiger partial charge in [0.05, 0.1) is 15.0 Å². The maximum atomic E-state index is 12.2. The van der Waals surface area contributed by atoms with E-state index in [1.54, 1.807) is 13.8 Å². The van der Waals surface area contributed by atoms with Crippen molar-refractivity contribution < 1.29 is 13.2 Å². The zero-order chi connectivity index (χ0) is 14.8. The Kier molecular flexibility index (Phi) is 5.25. The van der Waals surface area contributed by atoms with Gasteiger partial charge in [-0.15, -0.1) is 0 Å². The quantitative estimate of drug-likeness (QED) is 0.779. The number of rotatable bonds is 5. The summed E-state index contributed by atoms with van der Waals surface area (Å²) < 4.78 is 32.3. The summed E-state index contributed by atoms with van der Waals surface area (Å²) >= 11 is 8.98. The topological polar surface area (TPSA) is 81.4 Å². The lowest BCUT2D eigenvalue weighted by atomic mass is 10.1. The molecule has 1 aromatic carbocycles. The van der Waals surface area contributed by atoms with Gasteiger partial charge in [-0.2, -0.15) is 0 Å². The number of nitrogens with one attached hydrogen (secondary N) is 1. The first-order chi connectivity index (χ1) is 8.59. The summed E-state index contributed by atoms with van der Waals surface area (Å²) in [6.07, 6.45) is 0. The number of halogens is 2. The zero-order valence-electron chi connectivity index (χ0n) is 10.8. The number of methoxy groups -OCH3 is 1. The normalized spacial score (nSPS) is 12.7. The minimum atomic E-state index is -3.72. The molecule has 0 unspecified atom stereocenters. The van der Waals surface area contributed by atoms with E-state index in [2.05, 4.69) is 20.7 Å². The molecule has 0 fully saturated rings. The van der Waals surface area contributed by atoms with Gasteiger partial charge in [0.15, 0.2) is 0 Å². The fourth-order valence-corrected chi connectivity index (χ4v) is 3.69. The first-order valence-corrected chi connectivity index (χ1v) is 8.04. The van der Waals surface area contributed by atoms with E-state index < -0.39 is 15.6 Å². The van der Waals surface area contributed by atoms with Gasteiger partial charge in [-0.25, -0.2) is 13.1 Å². The van der Waals surface area contributed by atoms with Crippen molar-refractivity contribution in [2.24, 2.45) is 0 Å². The predicted molar refractivity (Wildman–Crippen MR) is 79.8 cm³/mol. The van der Waals surface area contributed by atoms with Gasteiger partial charge in [-0.3, -0.25) is 0 Å². The Morgan fingerprint density at radius 2 is 2.05 bits per heavy atom. The molecule has 19 heavy (non-hydrogen) atoms. The van der Waals surface area contributed by atoms with Crippen molar-refractivity contribution in [2.45, 2.75) is 24.3 Å². The van der Waals surface area contributed by atoms with Crippen LogP contribution in [-0.4, -0.2) is 27.7 Å². The molecule has 0 atom stereocenters. The molecule has 0 saturated carbocycles. The third kappa shape index (κ3) is 4.32. The number of nitrogen functional groups attached to an aromatic ring is 1. The maximum absolute atomic E-state index is 12.2. The molecular weight excluding hydrogens is 356 g/mol. The molecule has 0 radical (unpaired) electrons. The summed E-state index contributed by atoms with van der Waals surface area (Å²) in [4.78, 5) is 0.00408. The van der Waals surface area contributed by atoms with Crippen LogP contribution in [-0.2, 0) is 14.8 Å². The molecule has 5 nitrogen and oxygen atoms in total. The molecule has 0 bridgehead atoms. The fraction of sp³-hybridized carbons (Fsp3) is 0.455. The minimum Gasteiger partial charge on any atom is -0.398 e. The summed E-state index contributed by atoms with van der Waals surface area (Å²) in [6, 6.07) is 2.81. The highest BCUT2D eigenvalue weighted by Crippen LogP contribution is 2.31. The van der Waals surface area contributed by atoms with Gasteiger partial charge in [0.2, 0.25) is 10.0 Å². The molecule has 0 aliphatic rings. The van der Waals surface area contributed by atoms with E-state index >= 15 is 0 Å². The Morgan fingerprint density at radius 3 is 2.58 bits per heavy atom. The zero-order valence-corrected chi connectivity index (χ0v) is 14.0. The summed E-state index contributed by atoms with van der Waals surface area (Å²) in [6.45, 7) is 3.68. The number of nitrogens with two attached hydrogens (primary N) is 1. The second-order valence-corrected chi connectivity index (χ2v) is 7.56. The Hall–Kier alpha value is -0.340. The first kappa shape index (κ1) is 16.7. The smallest absolute Gasteiger partial charge is 0.241 e. The third-order valence-electron chi connectivity index (χ3n) is 2.56. The van der Waals surface area contributed by atoms with Crippen molar-refractivity contribution in [3.05, 3.63) is 21.6 Å². The van der Waals surface area contributed by atoms with Crippen LogP contribution < -0.4 is 10.5 Å². The Labute approximate surface area is 126 Å². The van der Waals surface area contributed by atoms with Crippen molar-refractivity contribution in [1.82, 2.24) is 4.72 Å². The maximum Gasteiger partial charge on any atom is 0.241 e. The highest BCUT2D eigenvalue weighted by molar-refractivity contribution is 9.10. The summed E-state index contributed by atoms with van der Waals surface area (Å²) in [7, 11) is -2.21. The van der Waals surface area contributed by atoms with E-state index in [0.717, 1.165) is 0 Å². The van der Waals surface area contributed by atoms with Gasteiger partial charge in [-0.1, -0.05) is 11.6 Å². The molecule has 0 saturated heterocycles. The van der Waals surface area contributed by atoms with Gasteiger partial charge in [0.25, 0.3) is 0 Å². The van der Waals surface area contributed by atoms with Crippen LogP contribution in [0, 0.1) is 0 Å². The van der Waals surface area contributed by atoms with E-state index in [1.807, 2.05) is 0 Å². The molecular formula is C11H16BrClN2O3S. The lowest BCUT2D eigenvalue weighted by Crippen LogP contribution is -2.39. The molecule has 0 heterocycles. The summed E-state index contributed by atoms with van der Waals surface area (Å²) in [5.41, 5.74) is 5.33. The van der Waals surface area contributed by atoms with Gasteiger partial charge in [0, 0.05) is 24.4 Å². The highest BCUT2D eigenvalue weighted by Gasteiger charge is 2.24. The van der Waals surface area contributed by atoms with Crippen molar-refractivity contribution in [3.8, 4) is 0 Å². The summed E-state index contributed by atoms with van der Waals surface area (Å²) in [5, 5.41) is 0.257. The number of hydrogen-bond acceptors (Lipinski definition) is 4. The number of ether oxygens (including phenoxy) is 1. The molecule has 8 heteroatoms. The Balaban J connectivity index is 3.08. The van der Waals surface area contributed by atoms with Crippen molar-refractivity contribution in [2.75, 3.05) is 19.4 Å². The van der Waals surface area contributed by atoms with Gasteiger partial charge in [0.1, 0.15) is 0 Å². The van der Waals surface area contributed by atoms with Crippen LogP contribution in [0.5, 0.6) is 0 Å². The molecule has 0 aliphatic carbocycles. The average Bonchev–Trinajstić information content (AvgIpc) is 2.31. The Bertz CT molecular complexity index is 576. The molecule has 0 aliphatic heterocycles. The molecule has 0 amide bonds. The van der Waals surface area contributed by atoms with Crippen LogP contribution in [0.25, 0.3) is 0 Å². The lowest BCUT2D eigenvalue weighted by molar-refractivity contribution is 0.0276. The molecule has 108 valence electrons. The number of anilines is 1. The minimum absolute atomic E-state index is 0.00408. The van der Waals surface area contributed by atoms with Crippen LogP contribution in [0.2, 0.25) is 5.02 Å².